The summed E-state index contributed by atoms with van der Waals surface area (Å²) in [5.74, 6) is 3.51. The number of allylic oxidation sites excluding steroid dienone is 9. The lowest BCUT2D eigenvalue weighted by atomic mass is 9.76. The zero-order valence-electron chi connectivity index (χ0n) is 38.5. The minimum absolute atomic E-state index is 0.149. The van der Waals surface area contributed by atoms with Crippen LogP contribution in [0.1, 0.15) is 63.8 Å². The van der Waals surface area contributed by atoms with E-state index in [1.807, 2.05) is 0 Å². The molecule has 6 aromatic carbocycles. The van der Waals surface area contributed by atoms with E-state index >= 15 is 0 Å². The summed E-state index contributed by atoms with van der Waals surface area (Å²) in [7, 11) is 0. The molecule has 1 atom stereocenters. The van der Waals surface area contributed by atoms with Gasteiger partial charge >= 0.3 is 0 Å². The molecule has 3 aliphatic carbocycles. The summed E-state index contributed by atoms with van der Waals surface area (Å²) in [4.78, 5) is 2.45. The Morgan fingerprint density at radius 1 is 0.515 bits per heavy atom. The van der Waals surface area contributed by atoms with Crippen molar-refractivity contribution in [2.45, 2.75) is 52.4 Å². The Morgan fingerprint density at radius 3 is 1.64 bits per heavy atom. The van der Waals surface area contributed by atoms with E-state index in [1.54, 1.807) is 0 Å². The molecule has 1 unspecified atom stereocenters. The molecule has 0 N–H and O–H groups in total. The maximum absolute atomic E-state index is 7.18. The largest absolute Gasteiger partial charge is 0.452 e. The number of rotatable bonds is 9. The zero-order chi connectivity index (χ0) is 45.2. The molecule has 2 aromatic heterocycles. The van der Waals surface area contributed by atoms with Crippen LogP contribution >= 0.6 is 0 Å². The first-order valence-corrected chi connectivity index (χ1v) is 23.2. The van der Waals surface area contributed by atoms with Gasteiger partial charge in [0.2, 0.25) is 0 Å². The molecule has 3 nitrogen and oxygen atoms in total. The first kappa shape index (κ1) is 41.1. The van der Waals surface area contributed by atoms with Gasteiger partial charge in [0.05, 0.1) is 0 Å². The SMILES string of the molecule is C\C=C/C=C\C(=C1/C=CC=CC1C)N(c1ccc(-c2c(-c3ccccc3)oc3c2C(C)(C)c2c-3oc(-c3ccccc3)c2-c2ccccc2)cc1)c1ccc2c(c1)C(C)(C)c1ccccc1-2. The van der Waals surface area contributed by atoms with Crippen LogP contribution in [0.15, 0.2) is 226 Å². The lowest BCUT2D eigenvalue weighted by Gasteiger charge is -2.31. The average molecular weight is 856 g/mol. The predicted octanol–water partition coefficient (Wildman–Crippen LogP) is 17.4. The summed E-state index contributed by atoms with van der Waals surface area (Å²) in [6, 6.07) is 56.7. The van der Waals surface area contributed by atoms with Crippen LogP contribution in [-0.2, 0) is 10.8 Å². The van der Waals surface area contributed by atoms with Gasteiger partial charge in [-0.1, -0.05) is 211 Å². The van der Waals surface area contributed by atoms with Crippen LogP contribution in [0.2, 0.25) is 0 Å². The number of fused-ring (bicyclic) bond motifs is 6. The summed E-state index contributed by atoms with van der Waals surface area (Å²) in [5.41, 5.74) is 18.0. The van der Waals surface area contributed by atoms with E-state index < -0.39 is 5.41 Å². The molecule has 8 aromatic rings. The monoisotopic (exact) mass is 855 g/mol. The second-order valence-electron chi connectivity index (χ2n) is 18.8. The molecule has 11 rings (SSSR count). The van der Waals surface area contributed by atoms with Gasteiger partial charge in [-0.3, -0.25) is 0 Å². The fourth-order valence-electron chi connectivity index (χ4n) is 10.8. The lowest BCUT2D eigenvalue weighted by molar-refractivity contribution is 0.540. The Hall–Kier alpha value is -7.62. The lowest BCUT2D eigenvalue weighted by Crippen LogP contribution is -2.20. The Kier molecular flexibility index (Phi) is 10.0. The Labute approximate surface area is 389 Å². The van der Waals surface area contributed by atoms with E-state index in [2.05, 4.69) is 253 Å². The number of hydrogen-bond acceptors (Lipinski definition) is 3. The second-order valence-corrected chi connectivity index (χ2v) is 18.8. The van der Waals surface area contributed by atoms with Gasteiger partial charge in [0.15, 0.2) is 11.5 Å². The average Bonchev–Trinajstić information content (AvgIpc) is 4.07. The molecule has 3 aliphatic rings. The minimum atomic E-state index is -0.468. The molecular formula is C63H53NO2. The highest BCUT2D eigenvalue weighted by atomic mass is 16.4. The summed E-state index contributed by atoms with van der Waals surface area (Å²) >= 11 is 0. The first-order valence-electron chi connectivity index (χ1n) is 23.2. The quantitative estimate of drug-likeness (QED) is 0.135. The molecule has 3 heteroatoms. The van der Waals surface area contributed by atoms with Crippen LogP contribution in [0.25, 0.3) is 67.5 Å². The topological polar surface area (TPSA) is 29.5 Å². The van der Waals surface area contributed by atoms with Crippen molar-refractivity contribution < 1.29 is 8.83 Å². The molecule has 0 amide bonds. The number of benzene rings is 6. The second kappa shape index (κ2) is 16.1. The molecule has 322 valence electrons. The van der Waals surface area contributed by atoms with E-state index in [4.69, 9.17) is 8.83 Å². The maximum Gasteiger partial charge on any atom is 0.175 e. The van der Waals surface area contributed by atoms with Gasteiger partial charge in [-0.05, 0) is 76.2 Å². The van der Waals surface area contributed by atoms with Crippen LogP contribution in [0.3, 0.4) is 0 Å². The van der Waals surface area contributed by atoms with Crippen LogP contribution in [0.5, 0.6) is 0 Å². The fourth-order valence-corrected chi connectivity index (χ4v) is 10.8. The van der Waals surface area contributed by atoms with Crippen LogP contribution < -0.4 is 4.90 Å². The van der Waals surface area contributed by atoms with Gasteiger partial charge in [0.25, 0.3) is 0 Å². The third-order valence-corrected chi connectivity index (χ3v) is 14.0. The molecule has 2 heterocycles. The van der Waals surface area contributed by atoms with E-state index in [-0.39, 0.29) is 11.3 Å². The van der Waals surface area contributed by atoms with Crippen molar-refractivity contribution in [3.63, 3.8) is 0 Å². The summed E-state index contributed by atoms with van der Waals surface area (Å²) in [6.07, 6.45) is 17.5. The standard InChI is InChI=1S/C63H53NO2/c1-7-8-12-33-53(48-30-20-19-23-41(48)2)64(47-38-39-50-49-31-21-22-32-51(49)62(3,4)52(50)40-47)46-36-34-43(35-37-46)55-57-61(66-59(55)45-28-17-11-18-29-45)60-56(63(57,5)6)54(42-24-13-9-14-25-42)58(65-60)44-26-15-10-16-27-44/h7-41H,1-6H3/b8-7-,33-12-,53-48-. The molecule has 0 spiro atoms. The van der Waals surface area contributed by atoms with Gasteiger partial charge in [0.1, 0.15) is 11.5 Å². The van der Waals surface area contributed by atoms with Gasteiger partial charge < -0.3 is 13.7 Å². The third kappa shape index (κ3) is 6.56. The van der Waals surface area contributed by atoms with E-state index in [1.165, 1.54) is 27.8 Å². The van der Waals surface area contributed by atoms with Gasteiger partial charge in [-0.25, -0.2) is 0 Å². The number of hydrogen-bond donors (Lipinski definition) is 0. The summed E-state index contributed by atoms with van der Waals surface area (Å²) < 4.78 is 14.3. The molecule has 0 fully saturated rings. The van der Waals surface area contributed by atoms with Gasteiger partial charge in [-0.15, -0.1) is 0 Å². The van der Waals surface area contributed by atoms with Crippen LogP contribution in [-0.4, -0.2) is 0 Å². The van der Waals surface area contributed by atoms with Crippen molar-refractivity contribution in [3.05, 3.63) is 240 Å². The predicted molar refractivity (Wildman–Crippen MR) is 275 cm³/mol. The van der Waals surface area contributed by atoms with Crippen molar-refractivity contribution >= 4 is 11.4 Å². The molecule has 0 saturated heterocycles. The Balaban J connectivity index is 1.11. The maximum atomic E-state index is 7.18. The Bertz CT molecular complexity index is 3290. The van der Waals surface area contributed by atoms with Gasteiger partial charge in [0, 0.05) is 67.2 Å². The highest BCUT2D eigenvalue weighted by Crippen LogP contribution is 2.61. The van der Waals surface area contributed by atoms with E-state index in [0.29, 0.717) is 0 Å². The normalized spacial score (nSPS) is 17.0. The van der Waals surface area contributed by atoms with Crippen molar-refractivity contribution in [1.29, 1.82) is 0 Å². The van der Waals surface area contributed by atoms with Crippen LogP contribution in [0, 0.1) is 5.92 Å². The first-order chi connectivity index (χ1) is 32.2. The van der Waals surface area contributed by atoms with E-state index in [9.17, 15) is 0 Å². The van der Waals surface area contributed by atoms with Crippen molar-refractivity contribution in [2.75, 3.05) is 4.90 Å². The highest BCUT2D eigenvalue weighted by Gasteiger charge is 2.48. The number of anilines is 2. The van der Waals surface area contributed by atoms with Crippen LogP contribution in [0.4, 0.5) is 11.4 Å². The summed E-state index contributed by atoms with van der Waals surface area (Å²) in [5, 5.41) is 0. The highest BCUT2D eigenvalue weighted by molar-refractivity contribution is 5.98. The number of furan rings is 2. The smallest absolute Gasteiger partial charge is 0.175 e. The molecule has 0 radical (unpaired) electrons. The van der Waals surface area contributed by atoms with Crippen molar-refractivity contribution in [3.8, 4) is 67.5 Å². The molecule has 0 aliphatic heterocycles. The molecular weight excluding hydrogens is 803 g/mol. The summed E-state index contributed by atoms with van der Waals surface area (Å²) in [6.45, 7) is 13.7. The molecule has 0 saturated carbocycles. The zero-order valence-corrected chi connectivity index (χ0v) is 38.5. The molecule has 66 heavy (non-hydrogen) atoms. The third-order valence-electron chi connectivity index (χ3n) is 14.0. The van der Waals surface area contributed by atoms with E-state index in [0.717, 1.165) is 84.6 Å². The van der Waals surface area contributed by atoms with Crippen molar-refractivity contribution in [1.82, 2.24) is 0 Å². The number of nitrogens with zero attached hydrogens (tertiary/aromatic N) is 1. The Morgan fingerprint density at radius 2 is 1.05 bits per heavy atom. The molecule has 0 bridgehead atoms. The van der Waals surface area contributed by atoms with Gasteiger partial charge in [-0.2, -0.15) is 0 Å². The fraction of sp³-hybridized carbons (Fsp3) is 0.143. The minimum Gasteiger partial charge on any atom is -0.452 e. The van der Waals surface area contributed by atoms with Crippen molar-refractivity contribution in [2.24, 2.45) is 5.92 Å².